The molecule has 0 heterocycles. The molecule has 0 aromatic heterocycles. The fraction of sp³-hybridized carbons (Fsp3) is 0.571. The molecule has 0 unspecified atom stereocenters. The Hall–Kier alpha value is -2.36. The molecule has 2 aliphatic carbocycles. The lowest BCUT2D eigenvalue weighted by molar-refractivity contribution is -0.122. The van der Waals surface area contributed by atoms with E-state index < -0.39 is 0 Å². The first-order valence-electron chi connectivity index (χ1n) is 12.5. The average Bonchev–Trinajstić information content (AvgIpc) is 2.77. The van der Waals surface area contributed by atoms with Crippen LogP contribution >= 0.6 is 0 Å². The van der Waals surface area contributed by atoms with Crippen molar-refractivity contribution in [3.63, 3.8) is 0 Å². The maximum Gasteiger partial charge on any atom is 0.224 e. The number of benzene rings is 2. The number of hydrogen-bond donors (Lipinski definition) is 2. The van der Waals surface area contributed by atoms with Gasteiger partial charge < -0.3 is 10.6 Å². The van der Waals surface area contributed by atoms with Crippen LogP contribution in [0.3, 0.4) is 0 Å². The van der Waals surface area contributed by atoms with E-state index in [0.29, 0.717) is 24.9 Å². The minimum absolute atomic E-state index is 0.120. The second kappa shape index (κ2) is 10.5. The van der Waals surface area contributed by atoms with Crippen LogP contribution in [0.25, 0.3) is 10.8 Å². The highest BCUT2D eigenvalue weighted by Crippen LogP contribution is 2.25. The highest BCUT2D eigenvalue weighted by molar-refractivity contribution is 5.87. The first-order valence-corrected chi connectivity index (χ1v) is 12.5. The fourth-order valence-electron chi connectivity index (χ4n) is 5.30. The number of carbonyl (C=O) groups excluding carboxylic acids is 2. The number of carbonyl (C=O) groups is 2. The van der Waals surface area contributed by atoms with E-state index in [4.69, 9.17) is 0 Å². The second-order valence-corrected chi connectivity index (χ2v) is 10.4. The third kappa shape index (κ3) is 6.34. The summed E-state index contributed by atoms with van der Waals surface area (Å²) < 4.78 is 0. The van der Waals surface area contributed by atoms with Gasteiger partial charge in [0, 0.05) is 12.1 Å². The van der Waals surface area contributed by atoms with E-state index in [1.807, 2.05) is 12.1 Å². The zero-order chi connectivity index (χ0) is 22.5. The Labute approximate surface area is 192 Å². The molecule has 2 amide bonds. The molecule has 0 saturated heterocycles. The number of fused-ring (bicyclic) bond motifs is 1. The van der Waals surface area contributed by atoms with E-state index in [1.165, 1.54) is 25.7 Å². The quantitative estimate of drug-likeness (QED) is 0.647. The van der Waals surface area contributed by atoms with Crippen molar-refractivity contribution >= 4 is 22.6 Å². The van der Waals surface area contributed by atoms with Gasteiger partial charge in [0.15, 0.2) is 0 Å². The molecule has 0 radical (unpaired) electrons. The van der Waals surface area contributed by atoms with Crippen LogP contribution in [0, 0.1) is 11.8 Å². The Kier molecular flexibility index (Phi) is 7.49. The van der Waals surface area contributed by atoms with Crippen LogP contribution < -0.4 is 10.6 Å². The second-order valence-electron chi connectivity index (χ2n) is 10.4. The molecule has 2 aromatic rings. The van der Waals surface area contributed by atoms with Crippen molar-refractivity contribution < 1.29 is 9.59 Å². The lowest BCUT2D eigenvalue weighted by atomic mass is 9.87. The van der Waals surface area contributed by atoms with Crippen LogP contribution in [0.15, 0.2) is 36.4 Å². The summed E-state index contributed by atoms with van der Waals surface area (Å²) in [5.74, 6) is 1.81. The summed E-state index contributed by atoms with van der Waals surface area (Å²) in [4.78, 5) is 25.0. The SMILES string of the molecule is CC1CCC(NC(=O)Cc2ccc3cc(CC(=O)NC4CCC(C)CC4)ccc3c2)CC1. The van der Waals surface area contributed by atoms with Crippen molar-refractivity contribution in [2.45, 2.75) is 90.1 Å². The maximum atomic E-state index is 12.5. The smallest absolute Gasteiger partial charge is 0.224 e. The zero-order valence-electron chi connectivity index (χ0n) is 19.7. The van der Waals surface area contributed by atoms with Crippen LogP contribution in [-0.2, 0) is 22.4 Å². The molecule has 2 aromatic carbocycles. The monoisotopic (exact) mass is 434 g/mol. The Bertz CT molecular complexity index is 860. The zero-order valence-corrected chi connectivity index (χ0v) is 19.7. The molecule has 0 aliphatic heterocycles. The molecule has 0 bridgehead atoms. The normalized spacial score (nSPS) is 25.9. The number of hydrogen-bond acceptors (Lipinski definition) is 2. The van der Waals surface area contributed by atoms with Gasteiger partial charge in [-0.25, -0.2) is 0 Å². The molecule has 0 atom stereocenters. The van der Waals surface area contributed by atoms with Crippen molar-refractivity contribution in [1.29, 1.82) is 0 Å². The first-order chi connectivity index (χ1) is 15.4. The van der Waals surface area contributed by atoms with Crippen molar-refractivity contribution in [3.8, 4) is 0 Å². The Morgan fingerprint density at radius 2 is 1.03 bits per heavy atom. The van der Waals surface area contributed by atoms with Crippen LogP contribution in [-0.4, -0.2) is 23.9 Å². The number of nitrogens with one attached hydrogen (secondary N) is 2. The minimum atomic E-state index is 0.120. The lowest BCUT2D eigenvalue weighted by Crippen LogP contribution is -2.38. The largest absolute Gasteiger partial charge is 0.353 e. The van der Waals surface area contributed by atoms with Crippen molar-refractivity contribution in [3.05, 3.63) is 47.5 Å². The van der Waals surface area contributed by atoms with E-state index in [0.717, 1.165) is 59.4 Å². The summed E-state index contributed by atoms with van der Waals surface area (Å²) in [7, 11) is 0. The molecule has 2 saturated carbocycles. The molecular formula is C28H38N2O2. The lowest BCUT2D eigenvalue weighted by Gasteiger charge is -2.27. The number of rotatable bonds is 6. The standard InChI is InChI=1S/C28H38N2O2/c1-19-3-11-25(12-4-19)29-27(31)17-21-7-9-24-16-22(8-10-23(24)15-21)18-28(32)30-26-13-5-20(2)6-14-26/h7-10,15-16,19-20,25-26H,3-6,11-14,17-18H2,1-2H3,(H,29,31)(H,30,32). The van der Waals surface area contributed by atoms with E-state index in [2.05, 4.69) is 48.7 Å². The molecule has 0 spiro atoms. The predicted octanol–water partition coefficient (Wildman–Crippen LogP) is 5.31. The molecule has 4 heteroatoms. The molecular weight excluding hydrogens is 396 g/mol. The predicted molar refractivity (Wildman–Crippen MR) is 130 cm³/mol. The molecule has 2 aliphatic rings. The first kappa shape index (κ1) is 22.8. The van der Waals surface area contributed by atoms with Crippen LogP contribution in [0.5, 0.6) is 0 Å². The molecule has 2 fully saturated rings. The van der Waals surface area contributed by atoms with E-state index in [1.54, 1.807) is 0 Å². The van der Waals surface area contributed by atoms with Gasteiger partial charge in [-0.2, -0.15) is 0 Å². The summed E-state index contributed by atoms with van der Waals surface area (Å²) >= 11 is 0. The summed E-state index contributed by atoms with van der Waals surface area (Å²) in [5, 5.41) is 8.67. The Morgan fingerprint density at radius 3 is 1.41 bits per heavy atom. The highest BCUT2D eigenvalue weighted by atomic mass is 16.2. The summed E-state index contributed by atoms with van der Waals surface area (Å²) in [6, 6.07) is 13.1. The third-order valence-corrected chi connectivity index (χ3v) is 7.46. The summed E-state index contributed by atoms with van der Waals surface area (Å²) in [6.45, 7) is 4.59. The molecule has 4 nitrogen and oxygen atoms in total. The molecule has 172 valence electrons. The van der Waals surface area contributed by atoms with E-state index in [9.17, 15) is 9.59 Å². The van der Waals surface area contributed by atoms with Gasteiger partial charge >= 0.3 is 0 Å². The van der Waals surface area contributed by atoms with Crippen molar-refractivity contribution in [1.82, 2.24) is 10.6 Å². The van der Waals surface area contributed by atoms with Crippen LogP contribution in [0.4, 0.5) is 0 Å². The van der Waals surface area contributed by atoms with E-state index in [-0.39, 0.29) is 11.8 Å². The van der Waals surface area contributed by atoms with Crippen molar-refractivity contribution in [2.24, 2.45) is 11.8 Å². The van der Waals surface area contributed by atoms with Gasteiger partial charge in [-0.15, -0.1) is 0 Å². The topological polar surface area (TPSA) is 58.2 Å². The van der Waals surface area contributed by atoms with Crippen LogP contribution in [0.1, 0.15) is 76.3 Å². The van der Waals surface area contributed by atoms with Gasteiger partial charge in [0.05, 0.1) is 12.8 Å². The van der Waals surface area contributed by atoms with Crippen LogP contribution in [0.2, 0.25) is 0 Å². The summed E-state index contributed by atoms with van der Waals surface area (Å²) in [6.07, 6.45) is 10.1. The average molecular weight is 435 g/mol. The van der Waals surface area contributed by atoms with Gasteiger partial charge in [-0.05, 0) is 85.1 Å². The molecule has 32 heavy (non-hydrogen) atoms. The minimum Gasteiger partial charge on any atom is -0.353 e. The van der Waals surface area contributed by atoms with Gasteiger partial charge in [-0.3, -0.25) is 9.59 Å². The maximum absolute atomic E-state index is 12.5. The fourth-order valence-corrected chi connectivity index (χ4v) is 5.30. The summed E-state index contributed by atoms with van der Waals surface area (Å²) in [5.41, 5.74) is 2.08. The van der Waals surface area contributed by atoms with Gasteiger partial charge in [-0.1, -0.05) is 50.2 Å². The Morgan fingerprint density at radius 1 is 0.656 bits per heavy atom. The van der Waals surface area contributed by atoms with Crippen molar-refractivity contribution in [2.75, 3.05) is 0 Å². The molecule has 2 N–H and O–H groups in total. The molecule has 4 rings (SSSR count). The van der Waals surface area contributed by atoms with E-state index >= 15 is 0 Å². The van der Waals surface area contributed by atoms with Gasteiger partial charge in [0.25, 0.3) is 0 Å². The number of amides is 2. The van der Waals surface area contributed by atoms with Gasteiger partial charge in [0.1, 0.15) is 0 Å². The third-order valence-electron chi connectivity index (χ3n) is 7.46. The highest BCUT2D eigenvalue weighted by Gasteiger charge is 2.21. The Balaban J connectivity index is 1.30. The van der Waals surface area contributed by atoms with Gasteiger partial charge in [0.2, 0.25) is 11.8 Å².